The van der Waals surface area contributed by atoms with Gasteiger partial charge in [-0.2, -0.15) is 4.57 Å². The molecule has 0 aliphatic heterocycles. The number of hydrogen-bond acceptors (Lipinski definition) is 1. The number of carbonyl (C=O) groups is 1. The molecule has 0 aliphatic carbocycles. The Kier molecular flexibility index (Phi) is 5.26. The predicted octanol–water partition coefficient (Wildman–Crippen LogP) is 2.21. The fraction of sp³-hybridized carbons (Fsp3) is 0.455. The van der Waals surface area contributed by atoms with Crippen LogP contribution in [0.2, 0.25) is 0 Å². The van der Waals surface area contributed by atoms with Crippen molar-refractivity contribution in [3.05, 3.63) is 30.6 Å². The van der Waals surface area contributed by atoms with Gasteiger partial charge in [0.15, 0.2) is 12.4 Å². The van der Waals surface area contributed by atoms with Crippen LogP contribution >= 0.6 is 24.0 Å². The quantitative estimate of drug-likeness (QED) is 0.606. The van der Waals surface area contributed by atoms with Gasteiger partial charge in [0.05, 0.1) is 0 Å². The molecule has 3 heteroatoms. The van der Waals surface area contributed by atoms with Crippen LogP contribution in [0, 0.1) is 5.41 Å². The minimum absolute atomic E-state index is 0. The molecule has 0 atom stereocenters. The molecular formula is C11H17INO+. The lowest BCUT2D eigenvalue weighted by atomic mass is 9.91. The molecule has 1 rings (SSSR count). The summed E-state index contributed by atoms with van der Waals surface area (Å²) in [7, 11) is 0. The first-order chi connectivity index (χ1) is 6.00. The third kappa shape index (κ3) is 4.17. The summed E-state index contributed by atoms with van der Waals surface area (Å²) in [5, 5.41) is 0. The van der Waals surface area contributed by atoms with E-state index in [1.165, 1.54) is 0 Å². The van der Waals surface area contributed by atoms with Gasteiger partial charge < -0.3 is 0 Å². The number of carbonyl (C=O) groups excluding carboxylic acids is 1. The number of Topliss-reactive ketones (excluding diaryl/α,β-unsaturated/α-hetero) is 1. The van der Waals surface area contributed by atoms with Crippen molar-refractivity contribution in [3.63, 3.8) is 0 Å². The lowest BCUT2D eigenvalue weighted by molar-refractivity contribution is -0.684. The van der Waals surface area contributed by atoms with Crippen LogP contribution in [-0.2, 0) is 11.3 Å². The highest BCUT2D eigenvalue weighted by Crippen LogP contribution is 2.13. The van der Waals surface area contributed by atoms with Crippen LogP contribution in [0.5, 0.6) is 0 Å². The molecule has 0 aliphatic rings. The molecule has 0 aromatic carbocycles. The van der Waals surface area contributed by atoms with Crippen LogP contribution in [0.1, 0.15) is 20.8 Å². The standard InChI is InChI=1S/C11H16NO.HI/c1-11(2,3)10(13)9-12-7-5-4-6-8-12;/h4-8H,9H2,1-3H3;1H/q+1;. The van der Waals surface area contributed by atoms with Gasteiger partial charge in [-0.15, -0.1) is 24.0 Å². The maximum absolute atomic E-state index is 11.6. The van der Waals surface area contributed by atoms with Gasteiger partial charge in [0.1, 0.15) is 0 Å². The Morgan fingerprint density at radius 1 is 1.14 bits per heavy atom. The van der Waals surface area contributed by atoms with Crippen LogP contribution in [0.3, 0.4) is 0 Å². The highest BCUT2D eigenvalue weighted by atomic mass is 127. The Bertz CT molecular complexity index is 290. The van der Waals surface area contributed by atoms with Crippen LogP contribution in [0.4, 0.5) is 0 Å². The fourth-order valence-corrected chi connectivity index (χ4v) is 0.943. The molecule has 1 heterocycles. The lowest BCUT2D eigenvalue weighted by Gasteiger charge is -2.13. The van der Waals surface area contributed by atoms with Gasteiger partial charge in [-0.05, 0) is 0 Å². The summed E-state index contributed by atoms with van der Waals surface area (Å²) in [6.07, 6.45) is 3.81. The van der Waals surface area contributed by atoms with Gasteiger partial charge >= 0.3 is 0 Å². The zero-order valence-electron chi connectivity index (χ0n) is 8.86. The monoisotopic (exact) mass is 306 g/mol. The molecule has 0 spiro atoms. The SMILES string of the molecule is CC(C)(C)C(=O)C[n+]1ccccc1.I. The van der Waals surface area contributed by atoms with Crippen LogP contribution in [0.25, 0.3) is 0 Å². The first-order valence-corrected chi connectivity index (χ1v) is 4.47. The summed E-state index contributed by atoms with van der Waals surface area (Å²) in [6, 6.07) is 5.80. The topological polar surface area (TPSA) is 20.9 Å². The van der Waals surface area contributed by atoms with Gasteiger partial charge in [0.2, 0.25) is 12.3 Å². The zero-order chi connectivity index (χ0) is 9.90. The number of pyridine rings is 1. The maximum Gasteiger partial charge on any atom is 0.206 e. The van der Waals surface area contributed by atoms with Crippen molar-refractivity contribution in [2.75, 3.05) is 0 Å². The molecular weight excluding hydrogens is 289 g/mol. The van der Waals surface area contributed by atoms with E-state index in [1.807, 2.05) is 55.9 Å². The Hall–Kier alpha value is -0.450. The molecule has 78 valence electrons. The molecule has 2 nitrogen and oxygen atoms in total. The highest BCUT2D eigenvalue weighted by Gasteiger charge is 2.24. The number of ketones is 1. The average molecular weight is 306 g/mol. The number of aromatic nitrogens is 1. The van der Waals surface area contributed by atoms with Crippen LogP contribution in [0.15, 0.2) is 30.6 Å². The van der Waals surface area contributed by atoms with Crippen LogP contribution < -0.4 is 4.57 Å². The summed E-state index contributed by atoms with van der Waals surface area (Å²) in [4.78, 5) is 11.6. The number of nitrogens with zero attached hydrogens (tertiary/aromatic N) is 1. The third-order valence-electron chi connectivity index (χ3n) is 1.94. The molecule has 0 saturated heterocycles. The van der Waals surface area contributed by atoms with Crippen molar-refractivity contribution in [1.82, 2.24) is 0 Å². The second-order valence-corrected chi connectivity index (χ2v) is 4.22. The number of halogens is 1. The predicted molar refractivity (Wildman–Crippen MR) is 66.5 cm³/mol. The number of rotatable bonds is 2. The van der Waals surface area contributed by atoms with E-state index < -0.39 is 0 Å². The van der Waals surface area contributed by atoms with E-state index in [0.29, 0.717) is 6.54 Å². The summed E-state index contributed by atoms with van der Waals surface area (Å²) < 4.78 is 1.90. The van der Waals surface area contributed by atoms with Gasteiger partial charge in [0, 0.05) is 17.5 Å². The Morgan fingerprint density at radius 3 is 2.07 bits per heavy atom. The van der Waals surface area contributed by atoms with E-state index in [4.69, 9.17) is 0 Å². The molecule has 0 amide bonds. The summed E-state index contributed by atoms with van der Waals surface area (Å²) >= 11 is 0. The van der Waals surface area contributed by atoms with Gasteiger partial charge in [0.25, 0.3) is 0 Å². The van der Waals surface area contributed by atoms with E-state index in [0.717, 1.165) is 0 Å². The van der Waals surface area contributed by atoms with Gasteiger partial charge in [-0.3, -0.25) is 4.79 Å². The van der Waals surface area contributed by atoms with Crippen molar-refractivity contribution < 1.29 is 9.36 Å². The molecule has 0 fully saturated rings. The van der Waals surface area contributed by atoms with E-state index in [1.54, 1.807) is 0 Å². The first-order valence-electron chi connectivity index (χ1n) is 4.47. The third-order valence-corrected chi connectivity index (χ3v) is 1.94. The highest BCUT2D eigenvalue weighted by molar-refractivity contribution is 14.0. The molecule has 0 radical (unpaired) electrons. The summed E-state index contributed by atoms with van der Waals surface area (Å²) in [6.45, 7) is 6.29. The first kappa shape index (κ1) is 13.5. The molecule has 0 N–H and O–H groups in total. The molecule has 0 saturated carbocycles. The van der Waals surface area contributed by atoms with E-state index in [-0.39, 0.29) is 35.2 Å². The van der Waals surface area contributed by atoms with Crippen molar-refractivity contribution in [1.29, 1.82) is 0 Å². The summed E-state index contributed by atoms with van der Waals surface area (Å²) in [5.74, 6) is 0.253. The van der Waals surface area contributed by atoms with E-state index in [2.05, 4.69) is 0 Å². The van der Waals surface area contributed by atoms with Crippen molar-refractivity contribution in [2.45, 2.75) is 27.3 Å². The smallest absolute Gasteiger partial charge is 0.206 e. The number of hydrogen-bond donors (Lipinski definition) is 0. The lowest BCUT2D eigenvalue weighted by Crippen LogP contribution is -2.41. The molecule has 1 aromatic rings. The zero-order valence-corrected chi connectivity index (χ0v) is 11.2. The van der Waals surface area contributed by atoms with E-state index in [9.17, 15) is 4.79 Å². The molecule has 0 bridgehead atoms. The van der Waals surface area contributed by atoms with E-state index >= 15 is 0 Å². The fourth-order valence-electron chi connectivity index (χ4n) is 0.943. The van der Waals surface area contributed by atoms with Crippen molar-refractivity contribution in [2.24, 2.45) is 5.41 Å². The van der Waals surface area contributed by atoms with Crippen molar-refractivity contribution in [3.8, 4) is 0 Å². The molecule has 0 unspecified atom stereocenters. The van der Waals surface area contributed by atoms with Gasteiger partial charge in [-0.1, -0.05) is 26.8 Å². The molecule has 14 heavy (non-hydrogen) atoms. The normalized spacial score (nSPS) is 10.5. The molecule has 1 aromatic heterocycles. The minimum Gasteiger partial charge on any atom is -0.292 e. The summed E-state index contributed by atoms with van der Waals surface area (Å²) in [5.41, 5.74) is -0.247. The second-order valence-electron chi connectivity index (χ2n) is 4.22. The van der Waals surface area contributed by atoms with Crippen LogP contribution in [-0.4, -0.2) is 5.78 Å². The van der Waals surface area contributed by atoms with Crippen molar-refractivity contribution >= 4 is 29.8 Å². The average Bonchev–Trinajstić information content (AvgIpc) is 2.04. The Labute approximate surface area is 102 Å². The Morgan fingerprint density at radius 2 is 1.64 bits per heavy atom. The second kappa shape index (κ2) is 5.44. The minimum atomic E-state index is -0.247. The Balaban J connectivity index is 0.00000169. The maximum atomic E-state index is 11.6. The van der Waals surface area contributed by atoms with Gasteiger partial charge in [-0.25, -0.2) is 0 Å². The largest absolute Gasteiger partial charge is 0.292 e.